The first kappa shape index (κ1) is 16.4. The molecule has 2 unspecified atom stereocenters. The Morgan fingerprint density at radius 3 is 2.39 bits per heavy atom. The Morgan fingerprint density at radius 2 is 1.61 bits per heavy atom. The van der Waals surface area contributed by atoms with E-state index in [9.17, 15) is 0 Å². The fraction of sp³-hybridized carbons (Fsp3) is 0.545. The molecule has 0 radical (unpaired) electrons. The van der Waals surface area contributed by atoms with Crippen LogP contribution in [-0.2, 0) is 0 Å². The summed E-state index contributed by atoms with van der Waals surface area (Å²) >= 11 is 0. The molecule has 23 heavy (non-hydrogen) atoms. The van der Waals surface area contributed by atoms with Crippen molar-refractivity contribution in [3.05, 3.63) is 42.0 Å². The molecule has 0 aromatic heterocycles. The van der Waals surface area contributed by atoms with E-state index in [1.807, 2.05) is 0 Å². The van der Waals surface area contributed by atoms with Gasteiger partial charge in [0.15, 0.2) is 0 Å². The first-order chi connectivity index (χ1) is 11.2. The van der Waals surface area contributed by atoms with E-state index in [4.69, 9.17) is 0 Å². The van der Waals surface area contributed by atoms with E-state index < -0.39 is 0 Å². The maximum Gasteiger partial charge on any atom is 0.0448 e. The molecule has 0 spiro atoms. The third-order valence-electron chi connectivity index (χ3n) is 5.71. The molecule has 1 aliphatic heterocycles. The molecule has 1 heterocycles. The van der Waals surface area contributed by atoms with Crippen LogP contribution in [0, 0.1) is 0 Å². The predicted molar refractivity (Wildman–Crippen MR) is 103 cm³/mol. The molecule has 1 heteroatoms. The van der Waals surface area contributed by atoms with Gasteiger partial charge in [0.05, 0.1) is 0 Å². The molecule has 0 saturated heterocycles. The van der Waals surface area contributed by atoms with Gasteiger partial charge in [-0.15, -0.1) is 0 Å². The summed E-state index contributed by atoms with van der Waals surface area (Å²) in [5, 5.41) is 2.86. The number of hydrogen-bond acceptors (Lipinski definition) is 1. The molecular weight excluding hydrogens is 278 g/mol. The van der Waals surface area contributed by atoms with Crippen LogP contribution in [0.2, 0.25) is 0 Å². The monoisotopic (exact) mass is 309 g/mol. The number of hydrogen-bond donors (Lipinski definition) is 0. The van der Waals surface area contributed by atoms with Crippen LogP contribution >= 0.6 is 0 Å². The highest BCUT2D eigenvalue weighted by Crippen LogP contribution is 2.42. The van der Waals surface area contributed by atoms with Crippen LogP contribution in [0.25, 0.3) is 10.8 Å². The number of likely N-dealkylation sites (N-methyl/N-ethyl adjacent to an activating group) is 1. The lowest BCUT2D eigenvalue weighted by molar-refractivity contribution is 0.467. The summed E-state index contributed by atoms with van der Waals surface area (Å²) in [5.41, 5.74) is 2.97. The van der Waals surface area contributed by atoms with Crippen molar-refractivity contribution in [1.29, 1.82) is 0 Å². The van der Waals surface area contributed by atoms with E-state index >= 15 is 0 Å². The summed E-state index contributed by atoms with van der Waals surface area (Å²) < 4.78 is 0. The summed E-state index contributed by atoms with van der Waals surface area (Å²) in [6.07, 6.45) is 9.62. The Kier molecular flexibility index (Phi) is 5.25. The summed E-state index contributed by atoms with van der Waals surface area (Å²) in [7, 11) is 2.29. The van der Waals surface area contributed by atoms with Crippen molar-refractivity contribution >= 4 is 16.5 Å². The largest absolute Gasteiger partial charge is 0.370 e. The first-order valence-electron chi connectivity index (χ1n) is 9.48. The Morgan fingerprint density at radius 1 is 0.913 bits per heavy atom. The summed E-state index contributed by atoms with van der Waals surface area (Å²) in [6.45, 7) is 4.71. The van der Waals surface area contributed by atoms with Crippen molar-refractivity contribution in [3.63, 3.8) is 0 Å². The Bertz CT molecular complexity index is 601. The zero-order valence-electron chi connectivity index (χ0n) is 15.0. The number of nitrogens with zero attached hydrogens (tertiary/aromatic N) is 1. The van der Waals surface area contributed by atoms with Gasteiger partial charge >= 0.3 is 0 Å². The topological polar surface area (TPSA) is 3.24 Å². The number of unbranched alkanes of at least 4 members (excludes halogenated alkanes) is 5. The molecule has 0 amide bonds. The van der Waals surface area contributed by atoms with Crippen molar-refractivity contribution in [2.75, 3.05) is 11.9 Å². The molecule has 0 saturated carbocycles. The van der Waals surface area contributed by atoms with E-state index in [1.54, 1.807) is 5.56 Å². The van der Waals surface area contributed by atoms with Gasteiger partial charge in [0.2, 0.25) is 0 Å². The SMILES string of the molecule is CCCCCCCCC1C(C)c2cccc3cccc(c23)N1C. The Balaban J connectivity index is 1.72. The average molecular weight is 309 g/mol. The lowest BCUT2D eigenvalue weighted by Crippen LogP contribution is -2.38. The zero-order chi connectivity index (χ0) is 16.2. The molecule has 0 aliphatic carbocycles. The van der Waals surface area contributed by atoms with E-state index in [1.165, 1.54) is 61.4 Å². The number of rotatable bonds is 7. The minimum Gasteiger partial charge on any atom is -0.370 e. The first-order valence-corrected chi connectivity index (χ1v) is 9.48. The van der Waals surface area contributed by atoms with Gasteiger partial charge in [0, 0.05) is 30.1 Å². The maximum absolute atomic E-state index is 2.55. The number of benzene rings is 2. The van der Waals surface area contributed by atoms with Crippen LogP contribution in [-0.4, -0.2) is 13.1 Å². The standard InChI is InChI=1S/C22H31N/c1-4-5-6-7-8-9-15-20-17(2)19-14-10-12-18-13-11-16-21(22(18)19)23(20)3/h10-14,16-17,20H,4-9,15H2,1-3H3. The van der Waals surface area contributed by atoms with Crippen molar-refractivity contribution in [1.82, 2.24) is 0 Å². The van der Waals surface area contributed by atoms with Crippen LogP contribution < -0.4 is 4.90 Å². The third kappa shape index (κ3) is 3.24. The van der Waals surface area contributed by atoms with Crippen molar-refractivity contribution in [3.8, 4) is 0 Å². The molecule has 1 aliphatic rings. The fourth-order valence-corrected chi connectivity index (χ4v) is 4.32. The highest BCUT2D eigenvalue weighted by atomic mass is 15.1. The minimum absolute atomic E-state index is 0.620. The Hall–Kier alpha value is -1.50. The minimum atomic E-state index is 0.620. The average Bonchev–Trinajstić information content (AvgIpc) is 2.58. The summed E-state index contributed by atoms with van der Waals surface area (Å²) in [4.78, 5) is 2.55. The highest BCUT2D eigenvalue weighted by molar-refractivity contribution is 5.98. The second-order valence-electron chi connectivity index (χ2n) is 7.25. The second kappa shape index (κ2) is 7.38. The van der Waals surface area contributed by atoms with Gasteiger partial charge in [-0.3, -0.25) is 0 Å². The van der Waals surface area contributed by atoms with Crippen LogP contribution in [0.5, 0.6) is 0 Å². The van der Waals surface area contributed by atoms with Gasteiger partial charge in [-0.2, -0.15) is 0 Å². The van der Waals surface area contributed by atoms with Crippen molar-refractivity contribution in [2.45, 2.75) is 70.8 Å². The molecule has 3 rings (SSSR count). The number of anilines is 1. The lowest BCUT2D eigenvalue weighted by atomic mass is 9.82. The quantitative estimate of drug-likeness (QED) is 0.527. The van der Waals surface area contributed by atoms with E-state index in [2.05, 4.69) is 62.2 Å². The fourth-order valence-electron chi connectivity index (χ4n) is 4.32. The molecular formula is C22H31N. The molecule has 1 nitrogen and oxygen atoms in total. The second-order valence-corrected chi connectivity index (χ2v) is 7.25. The van der Waals surface area contributed by atoms with Gasteiger partial charge in [-0.25, -0.2) is 0 Å². The van der Waals surface area contributed by atoms with Gasteiger partial charge in [0.1, 0.15) is 0 Å². The molecule has 2 atom stereocenters. The van der Waals surface area contributed by atoms with E-state index in [0.29, 0.717) is 12.0 Å². The van der Waals surface area contributed by atoms with Gasteiger partial charge in [-0.1, -0.05) is 82.7 Å². The van der Waals surface area contributed by atoms with Gasteiger partial charge in [0.25, 0.3) is 0 Å². The molecule has 2 aromatic carbocycles. The Labute approximate surface area is 141 Å². The molecule has 124 valence electrons. The molecule has 0 N–H and O–H groups in total. The van der Waals surface area contributed by atoms with E-state index in [-0.39, 0.29) is 0 Å². The molecule has 0 fully saturated rings. The third-order valence-corrected chi connectivity index (χ3v) is 5.71. The van der Waals surface area contributed by atoms with Crippen LogP contribution in [0.1, 0.15) is 70.3 Å². The van der Waals surface area contributed by atoms with Crippen LogP contribution in [0.4, 0.5) is 5.69 Å². The maximum atomic E-state index is 2.55. The van der Waals surface area contributed by atoms with E-state index in [0.717, 1.165) is 0 Å². The normalized spacial score (nSPS) is 20.2. The molecule has 2 aromatic rings. The van der Waals surface area contributed by atoms with Crippen molar-refractivity contribution in [2.24, 2.45) is 0 Å². The zero-order valence-corrected chi connectivity index (χ0v) is 15.0. The smallest absolute Gasteiger partial charge is 0.0448 e. The summed E-state index contributed by atoms with van der Waals surface area (Å²) in [6, 6.07) is 14.2. The highest BCUT2D eigenvalue weighted by Gasteiger charge is 2.30. The van der Waals surface area contributed by atoms with Crippen LogP contribution in [0.15, 0.2) is 36.4 Å². The van der Waals surface area contributed by atoms with Gasteiger partial charge < -0.3 is 4.90 Å². The van der Waals surface area contributed by atoms with Crippen LogP contribution in [0.3, 0.4) is 0 Å². The molecule has 0 bridgehead atoms. The summed E-state index contributed by atoms with van der Waals surface area (Å²) in [5.74, 6) is 0.620. The van der Waals surface area contributed by atoms with Crippen molar-refractivity contribution < 1.29 is 0 Å². The predicted octanol–water partition coefficient (Wildman–Crippen LogP) is 6.51. The lowest BCUT2D eigenvalue weighted by Gasteiger charge is -2.40. The van der Waals surface area contributed by atoms with Gasteiger partial charge in [-0.05, 0) is 23.4 Å².